The van der Waals surface area contributed by atoms with Crippen molar-refractivity contribution in [3.05, 3.63) is 93.3 Å². The molecular weight excluding hydrogens is 460 g/mol. The van der Waals surface area contributed by atoms with Crippen LogP contribution in [0.1, 0.15) is 12.6 Å². The van der Waals surface area contributed by atoms with Crippen molar-refractivity contribution in [3.8, 4) is 22.6 Å². The minimum absolute atomic E-state index is 0.321. The maximum absolute atomic E-state index is 12.3. The third kappa shape index (κ3) is 4.19. The lowest BCUT2D eigenvalue weighted by atomic mass is 10.0. The highest BCUT2D eigenvalue weighted by molar-refractivity contribution is 7.98. The Morgan fingerprint density at radius 1 is 0.886 bits per heavy atom. The Kier molecular flexibility index (Phi) is 6.08. The van der Waals surface area contributed by atoms with Crippen LogP contribution in [0, 0.1) is 0 Å². The number of aromatic nitrogens is 6. The normalized spacial score (nSPS) is 11.3. The van der Waals surface area contributed by atoms with Gasteiger partial charge in [-0.2, -0.15) is 0 Å². The van der Waals surface area contributed by atoms with E-state index in [2.05, 4.69) is 20.8 Å². The summed E-state index contributed by atoms with van der Waals surface area (Å²) in [4.78, 5) is 29.3. The first kappa shape index (κ1) is 22.8. The molecule has 0 aliphatic heterocycles. The van der Waals surface area contributed by atoms with Crippen molar-refractivity contribution in [3.63, 3.8) is 0 Å². The fourth-order valence-electron chi connectivity index (χ4n) is 4.05. The van der Waals surface area contributed by atoms with Gasteiger partial charge in [-0.25, -0.2) is 9.78 Å². The van der Waals surface area contributed by atoms with Gasteiger partial charge in [-0.15, -0.1) is 10.2 Å². The standard InChI is InChI=1S/C26H24N6O2S/c1-4-32-24(28-29-25(32)35-16-18-14-23(33)31(3)26(34)30(18)2)20-15-22(17-10-6-5-7-11-17)27-21-13-9-8-12-19(20)21/h5-15H,4,16H2,1-3H3. The van der Waals surface area contributed by atoms with Gasteiger partial charge in [0.1, 0.15) is 0 Å². The van der Waals surface area contributed by atoms with Crippen molar-refractivity contribution in [1.82, 2.24) is 28.9 Å². The van der Waals surface area contributed by atoms with Crippen molar-refractivity contribution in [2.75, 3.05) is 0 Å². The zero-order valence-electron chi connectivity index (χ0n) is 19.7. The molecule has 5 rings (SSSR count). The second-order valence-corrected chi connectivity index (χ2v) is 9.09. The molecule has 35 heavy (non-hydrogen) atoms. The van der Waals surface area contributed by atoms with E-state index in [1.807, 2.05) is 61.5 Å². The molecule has 8 nitrogen and oxygen atoms in total. The summed E-state index contributed by atoms with van der Waals surface area (Å²) >= 11 is 1.45. The van der Waals surface area contributed by atoms with E-state index in [4.69, 9.17) is 4.98 Å². The van der Waals surface area contributed by atoms with Crippen molar-refractivity contribution in [1.29, 1.82) is 0 Å². The van der Waals surface area contributed by atoms with Gasteiger partial charge in [-0.1, -0.05) is 60.3 Å². The molecule has 0 bridgehead atoms. The van der Waals surface area contributed by atoms with Gasteiger partial charge < -0.3 is 4.57 Å². The van der Waals surface area contributed by atoms with Gasteiger partial charge >= 0.3 is 5.69 Å². The van der Waals surface area contributed by atoms with Gasteiger partial charge in [0, 0.05) is 54.7 Å². The molecule has 9 heteroatoms. The van der Waals surface area contributed by atoms with Crippen LogP contribution in [0.15, 0.2) is 81.5 Å². The summed E-state index contributed by atoms with van der Waals surface area (Å²) in [7, 11) is 3.15. The predicted octanol–water partition coefficient (Wildman–Crippen LogP) is 3.87. The van der Waals surface area contributed by atoms with Crippen LogP contribution in [0.3, 0.4) is 0 Å². The monoisotopic (exact) mass is 484 g/mol. The van der Waals surface area contributed by atoms with Crippen LogP contribution in [0.25, 0.3) is 33.5 Å². The first-order valence-corrected chi connectivity index (χ1v) is 12.2. The summed E-state index contributed by atoms with van der Waals surface area (Å²) in [6.07, 6.45) is 0. The molecule has 3 aromatic heterocycles. The molecule has 0 spiro atoms. The maximum atomic E-state index is 12.3. The molecule has 0 radical (unpaired) electrons. The molecule has 0 aliphatic carbocycles. The van der Waals surface area contributed by atoms with Crippen LogP contribution >= 0.6 is 11.8 Å². The van der Waals surface area contributed by atoms with Crippen molar-refractivity contribution < 1.29 is 0 Å². The molecule has 0 aliphatic rings. The SMILES string of the molecule is CCn1c(SCc2cc(=O)n(C)c(=O)n2C)nnc1-c1cc(-c2ccccc2)nc2ccccc12. The van der Waals surface area contributed by atoms with E-state index in [-0.39, 0.29) is 11.2 Å². The summed E-state index contributed by atoms with van der Waals surface area (Å²) < 4.78 is 4.64. The molecule has 0 atom stereocenters. The van der Waals surface area contributed by atoms with E-state index in [1.54, 1.807) is 7.05 Å². The molecule has 176 valence electrons. The number of hydrogen-bond donors (Lipinski definition) is 0. The summed E-state index contributed by atoms with van der Waals surface area (Å²) in [5.41, 5.74) is 3.71. The number of pyridine rings is 1. The summed E-state index contributed by atoms with van der Waals surface area (Å²) in [5.74, 6) is 1.18. The summed E-state index contributed by atoms with van der Waals surface area (Å²) in [6, 6.07) is 21.6. The Bertz CT molecular complexity index is 1650. The molecule has 0 saturated carbocycles. The lowest BCUT2D eigenvalue weighted by molar-refractivity contribution is 0.662. The van der Waals surface area contributed by atoms with Crippen LogP contribution < -0.4 is 11.2 Å². The van der Waals surface area contributed by atoms with Gasteiger partial charge in [-0.05, 0) is 19.1 Å². The molecule has 0 N–H and O–H groups in total. The fraction of sp³-hybridized carbons (Fsp3) is 0.192. The number of rotatable bonds is 6. The number of nitrogens with zero attached hydrogens (tertiary/aromatic N) is 6. The maximum Gasteiger partial charge on any atom is 0.330 e. The lowest BCUT2D eigenvalue weighted by Crippen LogP contribution is -2.37. The van der Waals surface area contributed by atoms with Crippen molar-refractivity contribution >= 4 is 22.7 Å². The van der Waals surface area contributed by atoms with E-state index in [9.17, 15) is 9.59 Å². The Labute approximate surface area is 205 Å². The lowest BCUT2D eigenvalue weighted by Gasteiger charge is -2.12. The Morgan fingerprint density at radius 3 is 2.40 bits per heavy atom. The number of thioether (sulfide) groups is 1. The first-order valence-electron chi connectivity index (χ1n) is 11.3. The third-order valence-corrected chi connectivity index (χ3v) is 7.03. The van der Waals surface area contributed by atoms with E-state index >= 15 is 0 Å². The van der Waals surface area contributed by atoms with Gasteiger partial charge in [0.05, 0.1) is 11.2 Å². The van der Waals surface area contributed by atoms with E-state index in [0.717, 1.165) is 43.3 Å². The molecule has 0 saturated heterocycles. The van der Waals surface area contributed by atoms with E-state index in [1.165, 1.54) is 29.4 Å². The minimum Gasteiger partial charge on any atom is -0.302 e. The average Bonchev–Trinajstić information content (AvgIpc) is 3.31. The van der Waals surface area contributed by atoms with Crippen LogP contribution in [0.5, 0.6) is 0 Å². The van der Waals surface area contributed by atoms with Crippen LogP contribution in [0.4, 0.5) is 0 Å². The van der Waals surface area contributed by atoms with Gasteiger partial charge in [0.25, 0.3) is 5.56 Å². The molecule has 0 fully saturated rings. The molecule has 0 unspecified atom stereocenters. The zero-order chi connectivity index (χ0) is 24.5. The summed E-state index contributed by atoms with van der Waals surface area (Å²) in [6.45, 7) is 2.71. The largest absolute Gasteiger partial charge is 0.330 e. The minimum atomic E-state index is -0.345. The predicted molar refractivity (Wildman–Crippen MR) is 138 cm³/mol. The van der Waals surface area contributed by atoms with E-state index in [0.29, 0.717) is 18.0 Å². The van der Waals surface area contributed by atoms with Gasteiger partial charge in [0.2, 0.25) is 0 Å². The Hall–Kier alpha value is -3.98. The third-order valence-electron chi connectivity index (χ3n) is 6.03. The number of benzene rings is 2. The topological polar surface area (TPSA) is 87.6 Å². The molecule has 0 amide bonds. The summed E-state index contributed by atoms with van der Waals surface area (Å²) in [5, 5.41) is 10.7. The van der Waals surface area contributed by atoms with Crippen LogP contribution in [-0.4, -0.2) is 28.9 Å². The number of para-hydroxylation sites is 1. The number of fused-ring (bicyclic) bond motifs is 1. The smallest absolute Gasteiger partial charge is 0.302 e. The molecular formula is C26H24N6O2S. The highest BCUT2D eigenvalue weighted by Crippen LogP contribution is 2.33. The zero-order valence-corrected chi connectivity index (χ0v) is 20.5. The van der Waals surface area contributed by atoms with Crippen molar-refractivity contribution in [2.24, 2.45) is 14.1 Å². The first-order chi connectivity index (χ1) is 17.0. The van der Waals surface area contributed by atoms with Crippen molar-refractivity contribution in [2.45, 2.75) is 24.4 Å². The van der Waals surface area contributed by atoms with Crippen LogP contribution in [-0.2, 0) is 26.4 Å². The second kappa shape index (κ2) is 9.34. The van der Waals surface area contributed by atoms with E-state index < -0.39 is 0 Å². The molecule has 2 aromatic carbocycles. The highest BCUT2D eigenvalue weighted by atomic mass is 32.2. The number of hydrogen-bond acceptors (Lipinski definition) is 6. The van der Waals surface area contributed by atoms with Crippen LogP contribution in [0.2, 0.25) is 0 Å². The molecule has 3 heterocycles. The second-order valence-electron chi connectivity index (χ2n) is 8.15. The average molecular weight is 485 g/mol. The van der Waals surface area contributed by atoms with Gasteiger partial charge in [0.15, 0.2) is 11.0 Å². The highest BCUT2D eigenvalue weighted by Gasteiger charge is 2.18. The Morgan fingerprint density at radius 2 is 1.63 bits per heavy atom. The quantitative estimate of drug-likeness (QED) is 0.340. The fourth-order valence-corrected chi connectivity index (χ4v) is 5.08. The molecule has 5 aromatic rings. The Balaban J connectivity index is 1.57. The van der Waals surface area contributed by atoms with Gasteiger partial charge in [-0.3, -0.25) is 13.9 Å².